The number of nitrogens with zero attached hydrogens (tertiary/aromatic N) is 1. The van der Waals surface area contributed by atoms with Gasteiger partial charge in [0.25, 0.3) is 5.91 Å². The average Bonchev–Trinajstić information content (AvgIpc) is 2.71. The molecule has 1 aromatic rings. The Kier molecular flexibility index (Phi) is 9.17. The highest BCUT2D eigenvalue weighted by Crippen LogP contribution is 2.22. The van der Waals surface area contributed by atoms with Crippen LogP contribution in [-0.2, 0) is 24.3 Å². The Morgan fingerprint density at radius 3 is 2.47 bits per heavy atom. The van der Waals surface area contributed by atoms with Gasteiger partial charge in [-0.25, -0.2) is 18.0 Å². The number of carbonyl (C=O) groups excluding carboxylic acids is 3. The van der Waals surface area contributed by atoms with Crippen molar-refractivity contribution in [1.82, 2.24) is 14.9 Å². The van der Waals surface area contributed by atoms with Crippen molar-refractivity contribution in [1.29, 1.82) is 0 Å². The molecule has 0 aromatic heterocycles. The minimum absolute atomic E-state index is 0.0189. The van der Waals surface area contributed by atoms with E-state index in [1.807, 2.05) is 13.8 Å². The van der Waals surface area contributed by atoms with Gasteiger partial charge in [-0.1, -0.05) is 19.9 Å². The van der Waals surface area contributed by atoms with Gasteiger partial charge in [0.2, 0.25) is 10.0 Å². The van der Waals surface area contributed by atoms with Gasteiger partial charge in [-0.05, 0) is 44.4 Å². The van der Waals surface area contributed by atoms with Gasteiger partial charge in [0.1, 0.15) is 0 Å². The first kappa shape index (κ1) is 25.8. The van der Waals surface area contributed by atoms with E-state index in [-0.39, 0.29) is 35.8 Å². The largest absolute Gasteiger partial charge is 0.452 e. The Morgan fingerprint density at radius 2 is 1.84 bits per heavy atom. The number of urea groups is 1. The van der Waals surface area contributed by atoms with Crippen LogP contribution in [0.2, 0.25) is 0 Å². The van der Waals surface area contributed by atoms with E-state index in [1.165, 1.54) is 28.6 Å². The minimum atomic E-state index is -3.83. The standard InChI is InChI=1S/C21H31N3O7S/c1-14(2)8-9-22-21(27)23-19(25)13-30-20(26)17-6-5-7-18(10-17)32(28,29)24-11-15(3)31-16(4)12-24/h5-7,10,14-16H,8-9,11-13H2,1-4H3,(H2,22,23,25,27). The van der Waals surface area contributed by atoms with Crippen LogP contribution in [0.15, 0.2) is 29.2 Å². The zero-order valence-corrected chi connectivity index (χ0v) is 19.6. The summed E-state index contributed by atoms with van der Waals surface area (Å²) < 4.78 is 37.8. The van der Waals surface area contributed by atoms with E-state index in [2.05, 4.69) is 10.6 Å². The number of esters is 1. The first-order chi connectivity index (χ1) is 15.0. The third-order valence-corrected chi connectivity index (χ3v) is 6.52. The van der Waals surface area contributed by atoms with E-state index < -0.39 is 34.5 Å². The van der Waals surface area contributed by atoms with Crippen LogP contribution in [0.5, 0.6) is 0 Å². The van der Waals surface area contributed by atoms with E-state index in [0.717, 1.165) is 6.42 Å². The molecule has 3 amide bonds. The summed E-state index contributed by atoms with van der Waals surface area (Å²) in [6, 6.07) is 4.75. The molecule has 2 N–H and O–H groups in total. The number of rotatable bonds is 8. The molecular formula is C21H31N3O7S. The summed E-state index contributed by atoms with van der Waals surface area (Å²) in [5.41, 5.74) is -0.0189. The maximum atomic E-state index is 13.0. The second kappa shape index (κ2) is 11.4. The summed E-state index contributed by atoms with van der Waals surface area (Å²) >= 11 is 0. The molecule has 2 atom stereocenters. The Labute approximate surface area is 188 Å². The average molecular weight is 470 g/mol. The molecular weight excluding hydrogens is 438 g/mol. The number of ether oxygens (including phenoxy) is 2. The highest BCUT2D eigenvalue weighted by Gasteiger charge is 2.32. The number of hydrogen-bond acceptors (Lipinski definition) is 7. The van der Waals surface area contributed by atoms with Crippen LogP contribution in [0.3, 0.4) is 0 Å². The Balaban J connectivity index is 1.94. The van der Waals surface area contributed by atoms with Gasteiger partial charge in [0, 0.05) is 19.6 Å². The molecule has 10 nitrogen and oxygen atoms in total. The van der Waals surface area contributed by atoms with Gasteiger partial charge in [-0.15, -0.1) is 0 Å². The zero-order chi connectivity index (χ0) is 23.9. The molecule has 1 aliphatic rings. The van der Waals surface area contributed by atoms with E-state index in [4.69, 9.17) is 9.47 Å². The number of morpholine rings is 1. The summed E-state index contributed by atoms with van der Waals surface area (Å²) in [4.78, 5) is 35.7. The second-order valence-electron chi connectivity index (χ2n) is 8.17. The van der Waals surface area contributed by atoms with E-state index >= 15 is 0 Å². The third-order valence-electron chi connectivity index (χ3n) is 4.69. The van der Waals surface area contributed by atoms with Crippen molar-refractivity contribution < 1.29 is 32.3 Å². The first-order valence-corrected chi connectivity index (χ1v) is 11.9. The molecule has 0 bridgehead atoms. The molecule has 1 heterocycles. The van der Waals surface area contributed by atoms with Crippen molar-refractivity contribution in [2.24, 2.45) is 5.92 Å². The number of benzene rings is 1. The molecule has 11 heteroatoms. The molecule has 1 aromatic carbocycles. The summed E-state index contributed by atoms with van der Waals surface area (Å²) in [5, 5.41) is 4.60. The topological polar surface area (TPSA) is 131 Å². The minimum Gasteiger partial charge on any atom is -0.452 e. The first-order valence-electron chi connectivity index (χ1n) is 10.5. The van der Waals surface area contributed by atoms with Crippen molar-refractivity contribution in [2.75, 3.05) is 26.2 Å². The van der Waals surface area contributed by atoms with E-state index in [0.29, 0.717) is 12.5 Å². The Hall–Kier alpha value is -2.50. The van der Waals surface area contributed by atoms with Gasteiger partial charge < -0.3 is 14.8 Å². The van der Waals surface area contributed by atoms with Crippen molar-refractivity contribution in [3.05, 3.63) is 29.8 Å². The maximum Gasteiger partial charge on any atom is 0.338 e. The predicted molar refractivity (Wildman–Crippen MR) is 116 cm³/mol. The lowest BCUT2D eigenvalue weighted by atomic mass is 10.1. The number of amides is 3. The van der Waals surface area contributed by atoms with Crippen LogP contribution in [-0.4, -0.2) is 69.1 Å². The summed E-state index contributed by atoms with van der Waals surface area (Å²) in [5.74, 6) is -1.26. The zero-order valence-electron chi connectivity index (χ0n) is 18.8. The fourth-order valence-corrected chi connectivity index (χ4v) is 4.79. The van der Waals surface area contributed by atoms with Gasteiger partial charge in [-0.3, -0.25) is 10.1 Å². The molecule has 1 saturated heterocycles. The van der Waals surface area contributed by atoms with Crippen molar-refractivity contribution in [3.8, 4) is 0 Å². The molecule has 0 spiro atoms. The number of carbonyl (C=O) groups is 3. The van der Waals surface area contributed by atoms with Gasteiger partial charge >= 0.3 is 12.0 Å². The van der Waals surface area contributed by atoms with Crippen LogP contribution in [0, 0.1) is 5.92 Å². The van der Waals surface area contributed by atoms with Crippen molar-refractivity contribution in [2.45, 2.75) is 51.2 Å². The second-order valence-corrected chi connectivity index (χ2v) is 10.1. The number of sulfonamides is 1. The lowest BCUT2D eigenvalue weighted by Gasteiger charge is -2.34. The summed E-state index contributed by atoms with van der Waals surface area (Å²) in [7, 11) is -3.83. The SMILES string of the molecule is CC(C)CCNC(=O)NC(=O)COC(=O)c1cccc(S(=O)(=O)N2CC(C)OC(C)C2)c1. The summed E-state index contributed by atoms with van der Waals surface area (Å²) in [6.07, 6.45) is 0.267. The fourth-order valence-electron chi connectivity index (χ4n) is 3.16. The molecule has 1 fully saturated rings. The van der Waals surface area contributed by atoms with Crippen molar-refractivity contribution in [3.63, 3.8) is 0 Å². The van der Waals surface area contributed by atoms with Crippen LogP contribution in [0.1, 0.15) is 44.5 Å². The smallest absolute Gasteiger partial charge is 0.338 e. The van der Waals surface area contributed by atoms with Crippen LogP contribution >= 0.6 is 0 Å². The quantitative estimate of drug-likeness (QED) is 0.552. The fraction of sp³-hybridized carbons (Fsp3) is 0.571. The molecule has 2 unspecified atom stereocenters. The highest BCUT2D eigenvalue weighted by atomic mass is 32.2. The molecule has 1 aliphatic heterocycles. The molecule has 2 rings (SSSR count). The van der Waals surface area contributed by atoms with Crippen LogP contribution in [0.25, 0.3) is 0 Å². The Morgan fingerprint density at radius 1 is 1.19 bits per heavy atom. The number of imide groups is 1. The number of nitrogens with one attached hydrogen (secondary N) is 2. The van der Waals surface area contributed by atoms with E-state index in [1.54, 1.807) is 13.8 Å². The van der Waals surface area contributed by atoms with E-state index in [9.17, 15) is 22.8 Å². The predicted octanol–water partition coefficient (Wildman–Crippen LogP) is 1.51. The molecule has 32 heavy (non-hydrogen) atoms. The normalized spacial score (nSPS) is 19.4. The lowest BCUT2D eigenvalue weighted by Crippen LogP contribution is -2.48. The number of hydrogen-bond donors (Lipinski definition) is 2. The molecule has 0 saturated carbocycles. The molecule has 178 valence electrons. The van der Waals surface area contributed by atoms with Crippen molar-refractivity contribution >= 4 is 27.9 Å². The van der Waals surface area contributed by atoms with Gasteiger partial charge in [0.05, 0.1) is 22.7 Å². The maximum absolute atomic E-state index is 13.0. The highest BCUT2D eigenvalue weighted by molar-refractivity contribution is 7.89. The molecule has 0 aliphatic carbocycles. The molecule has 0 radical (unpaired) electrons. The third kappa shape index (κ3) is 7.57. The van der Waals surface area contributed by atoms with Gasteiger partial charge in [0.15, 0.2) is 6.61 Å². The van der Waals surface area contributed by atoms with Crippen LogP contribution < -0.4 is 10.6 Å². The summed E-state index contributed by atoms with van der Waals surface area (Å²) in [6.45, 7) is 7.76. The van der Waals surface area contributed by atoms with Crippen LogP contribution in [0.4, 0.5) is 4.79 Å². The lowest BCUT2D eigenvalue weighted by molar-refractivity contribution is -0.123. The monoisotopic (exact) mass is 469 g/mol. The van der Waals surface area contributed by atoms with Gasteiger partial charge in [-0.2, -0.15) is 4.31 Å². The Bertz CT molecular complexity index is 923.